The van der Waals surface area contributed by atoms with Crippen molar-refractivity contribution in [2.75, 3.05) is 41.7 Å². The van der Waals surface area contributed by atoms with Gasteiger partial charge in [-0.1, -0.05) is 12.1 Å². The molecular formula is C17H18N4O. The second-order valence-corrected chi connectivity index (χ2v) is 5.35. The number of nitrogens with zero attached hydrogens (tertiary/aromatic N) is 3. The number of nitrogen functional groups attached to an aromatic ring is 1. The lowest BCUT2D eigenvalue weighted by Gasteiger charge is -2.37. The summed E-state index contributed by atoms with van der Waals surface area (Å²) in [6, 6.07) is 15.0. The predicted octanol–water partition coefficient (Wildman–Crippen LogP) is 2.17. The molecule has 1 heterocycles. The fraction of sp³-hybridized carbons (Fsp3) is 0.235. The van der Waals surface area contributed by atoms with E-state index in [-0.39, 0.29) is 0 Å². The maximum Gasteiger partial charge on any atom is 0.138 e. The Balaban J connectivity index is 1.75. The molecule has 0 aromatic heterocycles. The third kappa shape index (κ3) is 2.63. The zero-order chi connectivity index (χ0) is 15.5. The molecule has 0 aliphatic carbocycles. The van der Waals surface area contributed by atoms with Gasteiger partial charge in [-0.05, 0) is 30.3 Å². The maximum atomic E-state index is 9.95. The van der Waals surface area contributed by atoms with Crippen LogP contribution in [0.1, 0.15) is 5.56 Å². The van der Waals surface area contributed by atoms with E-state index in [4.69, 9.17) is 5.73 Å². The van der Waals surface area contributed by atoms with E-state index in [1.807, 2.05) is 30.3 Å². The number of hydrogen-bond donors (Lipinski definition) is 2. The summed E-state index contributed by atoms with van der Waals surface area (Å²) in [4.78, 5) is 4.35. The van der Waals surface area contributed by atoms with E-state index in [9.17, 15) is 10.4 Å². The van der Waals surface area contributed by atoms with Gasteiger partial charge in [-0.15, -0.1) is 0 Å². The molecule has 1 aliphatic heterocycles. The lowest BCUT2D eigenvalue weighted by atomic mass is 10.1. The zero-order valence-electron chi connectivity index (χ0n) is 12.2. The lowest BCUT2D eigenvalue weighted by Crippen LogP contribution is -2.46. The van der Waals surface area contributed by atoms with Gasteiger partial charge in [-0.25, -0.2) is 0 Å². The number of nitriles is 1. The van der Waals surface area contributed by atoms with Crippen LogP contribution in [0.4, 0.5) is 17.1 Å². The summed E-state index contributed by atoms with van der Waals surface area (Å²) in [5.74, 6) is 0.307. The summed E-state index contributed by atoms with van der Waals surface area (Å²) in [5, 5.41) is 19.2. The third-order valence-electron chi connectivity index (χ3n) is 3.98. The summed E-state index contributed by atoms with van der Waals surface area (Å²) in [6.45, 7) is 3.19. The molecule has 0 atom stereocenters. The predicted molar refractivity (Wildman–Crippen MR) is 88.1 cm³/mol. The molecule has 3 rings (SSSR count). The van der Waals surface area contributed by atoms with E-state index in [1.165, 1.54) is 0 Å². The Bertz CT molecular complexity index is 715. The van der Waals surface area contributed by atoms with E-state index in [0.29, 0.717) is 17.0 Å². The van der Waals surface area contributed by atoms with E-state index in [1.54, 1.807) is 12.1 Å². The van der Waals surface area contributed by atoms with E-state index in [0.717, 1.165) is 37.6 Å². The molecule has 1 saturated heterocycles. The molecule has 1 fully saturated rings. The number of phenols is 1. The number of hydrogen-bond acceptors (Lipinski definition) is 5. The molecule has 5 heteroatoms. The fourth-order valence-electron chi connectivity index (χ4n) is 2.84. The Hall–Kier alpha value is -2.87. The Labute approximate surface area is 129 Å². The normalized spacial score (nSPS) is 14.7. The number of benzene rings is 2. The van der Waals surface area contributed by atoms with Crippen LogP contribution in [0.5, 0.6) is 5.75 Å². The first-order valence-corrected chi connectivity index (χ1v) is 7.26. The summed E-state index contributed by atoms with van der Waals surface area (Å²) >= 11 is 0. The highest BCUT2D eigenvalue weighted by molar-refractivity contribution is 5.65. The summed E-state index contributed by atoms with van der Waals surface area (Å²) in [7, 11) is 0. The van der Waals surface area contributed by atoms with Crippen LogP contribution >= 0.6 is 0 Å². The standard InChI is InChI=1S/C17H18N4O/c18-12-13-11-14(19)5-6-15(13)20-7-9-21(10-8-20)16-3-1-2-4-17(16)22/h1-6,11,22H,7-10,19H2. The second kappa shape index (κ2) is 5.86. The molecule has 2 aromatic rings. The van der Waals surface area contributed by atoms with Crippen LogP contribution < -0.4 is 15.5 Å². The molecular weight excluding hydrogens is 276 g/mol. The first-order valence-electron chi connectivity index (χ1n) is 7.26. The van der Waals surface area contributed by atoms with Crippen LogP contribution in [0.25, 0.3) is 0 Å². The van der Waals surface area contributed by atoms with Crippen molar-refractivity contribution in [2.45, 2.75) is 0 Å². The highest BCUT2D eigenvalue weighted by Crippen LogP contribution is 2.29. The van der Waals surface area contributed by atoms with Gasteiger partial charge in [0, 0.05) is 31.9 Å². The molecule has 0 bridgehead atoms. The topological polar surface area (TPSA) is 76.5 Å². The van der Waals surface area contributed by atoms with Gasteiger partial charge in [0.25, 0.3) is 0 Å². The number of aromatic hydroxyl groups is 1. The molecule has 2 aromatic carbocycles. The van der Waals surface area contributed by atoms with Gasteiger partial charge >= 0.3 is 0 Å². The Morgan fingerprint density at radius 2 is 1.59 bits per heavy atom. The van der Waals surface area contributed by atoms with Crippen molar-refractivity contribution in [1.29, 1.82) is 5.26 Å². The quantitative estimate of drug-likeness (QED) is 0.830. The summed E-state index contributed by atoms with van der Waals surface area (Å²) in [5.41, 5.74) is 8.74. The molecule has 0 unspecified atom stereocenters. The molecule has 112 valence electrons. The number of nitrogens with two attached hydrogens (primary N) is 1. The van der Waals surface area contributed by atoms with Crippen LogP contribution in [0.2, 0.25) is 0 Å². The number of phenolic OH excluding ortho intramolecular Hbond substituents is 1. The monoisotopic (exact) mass is 294 g/mol. The SMILES string of the molecule is N#Cc1cc(N)ccc1N1CCN(c2ccccc2O)CC1. The molecule has 5 nitrogen and oxygen atoms in total. The minimum Gasteiger partial charge on any atom is -0.506 e. The van der Waals surface area contributed by atoms with Crippen molar-refractivity contribution in [1.82, 2.24) is 0 Å². The number of anilines is 3. The number of para-hydroxylation sites is 2. The van der Waals surface area contributed by atoms with Crippen molar-refractivity contribution in [3.05, 3.63) is 48.0 Å². The Morgan fingerprint density at radius 3 is 2.23 bits per heavy atom. The Morgan fingerprint density at radius 1 is 0.955 bits per heavy atom. The van der Waals surface area contributed by atoms with E-state index < -0.39 is 0 Å². The summed E-state index contributed by atoms with van der Waals surface area (Å²) in [6.07, 6.45) is 0. The first kappa shape index (κ1) is 14.1. The van der Waals surface area contributed by atoms with Crippen LogP contribution in [0.15, 0.2) is 42.5 Å². The van der Waals surface area contributed by atoms with Gasteiger partial charge in [0.05, 0.1) is 16.9 Å². The molecule has 0 saturated carbocycles. The number of rotatable bonds is 2. The minimum absolute atomic E-state index is 0.307. The summed E-state index contributed by atoms with van der Waals surface area (Å²) < 4.78 is 0. The van der Waals surface area contributed by atoms with Crippen molar-refractivity contribution >= 4 is 17.1 Å². The second-order valence-electron chi connectivity index (χ2n) is 5.35. The average Bonchev–Trinajstić information content (AvgIpc) is 2.55. The average molecular weight is 294 g/mol. The smallest absolute Gasteiger partial charge is 0.138 e. The molecule has 0 spiro atoms. The third-order valence-corrected chi connectivity index (χ3v) is 3.98. The van der Waals surface area contributed by atoms with Gasteiger partial charge in [-0.3, -0.25) is 0 Å². The first-order chi connectivity index (χ1) is 10.7. The Kier molecular flexibility index (Phi) is 3.75. The van der Waals surface area contributed by atoms with Crippen molar-refractivity contribution in [3.8, 4) is 11.8 Å². The van der Waals surface area contributed by atoms with Gasteiger partial charge in [0.2, 0.25) is 0 Å². The molecule has 22 heavy (non-hydrogen) atoms. The van der Waals surface area contributed by atoms with Crippen LogP contribution in [0, 0.1) is 11.3 Å². The van der Waals surface area contributed by atoms with E-state index in [2.05, 4.69) is 15.9 Å². The van der Waals surface area contributed by atoms with Crippen molar-refractivity contribution in [3.63, 3.8) is 0 Å². The van der Waals surface area contributed by atoms with Crippen molar-refractivity contribution in [2.24, 2.45) is 0 Å². The van der Waals surface area contributed by atoms with Crippen LogP contribution in [0.3, 0.4) is 0 Å². The van der Waals surface area contributed by atoms with Gasteiger partial charge < -0.3 is 20.6 Å². The zero-order valence-corrected chi connectivity index (χ0v) is 12.2. The van der Waals surface area contributed by atoms with Gasteiger partial charge in [-0.2, -0.15) is 5.26 Å². The van der Waals surface area contributed by atoms with Gasteiger partial charge in [0.15, 0.2) is 0 Å². The van der Waals surface area contributed by atoms with Crippen LogP contribution in [-0.2, 0) is 0 Å². The largest absolute Gasteiger partial charge is 0.506 e. The van der Waals surface area contributed by atoms with Crippen molar-refractivity contribution < 1.29 is 5.11 Å². The van der Waals surface area contributed by atoms with Crippen LogP contribution in [-0.4, -0.2) is 31.3 Å². The molecule has 0 radical (unpaired) electrons. The van der Waals surface area contributed by atoms with Gasteiger partial charge in [0.1, 0.15) is 11.8 Å². The molecule has 3 N–H and O–H groups in total. The highest BCUT2D eigenvalue weighted by Gasteiger charge is 2.21. The maximum absolute atomic E-state index is 9.95. The molecule has 1 aliphatic rings. The van der Waals surface area contributed by atoms with E-state index >= 15 is 0 Å². The fourth-order valence-corrected chi connectivity index (χ4v) is 2.84. The number of piperazine rings is 1. The molecule has 0 amide bonds. The highest BCUT2D eigenvalue weighted by atomic mass is 16.3. The minimum atomic E-state index is 0.307. The lowest BCUT2D eigenvalue weighted by molar-refractivity contribution is 0.472.